The topological polar surface area (TPSA) is 54.4 Å². The van der Waals surface area contributed by atoms with Crippen LogP contribution in [0.15, 0.2) is 35.2 Å². The fourth-order valence-electron chi connectivity index (χ4n) is 5.09. The monoisotopic (exact) mass is 488 g/mol. The molecule has 0 saturated carbocycles. The molecule has 0 atom stereocenters. The molecule has 1 N–H and O–H groups in total. The molecule has 192 valence electrons. The molecule has 0 aromatic heterocycles. The lowest BCUT2D eigenvalue weighted by molar-refractivity contribution is 0.482. The van der Waals surface area contributed by atoms with Gasteiger partial charge in [-0.25, -0.2) is 0 Å². The minimum Gasteiger partial charge on any atom is -0.282 e. The summed E-state index contributed by atoms with van der Waals surface area (Å²) in [6.07, 6.45) is 21.4. The minimum absolute atomic E-state index is 0.156. The molecule has 0 aliphatic carbocycles. The first kappa shape index (κ1) is 28.8. The van der Waals surface area contributed by atoms with Gasteiger partial charge in [0.1, 0.15) is 4.90 Å². The number of rotatable bonds is 19. The number of hydrogen-bond donors (Lipinski definition) is 1. The Morgan fingerprint density at radius 2 is 1.12 bits per heavy atom. The highest BCUT2D eigenvalue weighted by atomic mass is 32.2. The fraction of sp³-hybridized carbons (Fsp3) is 0.667. The van der Waals surface area contributed by atoms with E-state index in [-0.39, 0.29) is 4.90 Å². The Bertz CT molecular complexity index is 933. The van der Waals surface area contributed by atoms with E-state index in [4.69, 9.17) is 0 Å². The molecule has 4 heteroatoms. The van der Waals surface area contributed by atoms with Crippen LogP contribution in [0.25, 0.3) is 10.8 Å². The lowest BCUT2D eigenvalue weighted by Crippen LogP contribution is -2.08. The molecule has 0 radical (unpaired) electrons. The Hall–Kier alpha value is -1.39. The van der Waals surface area contributed by atoms with Gasteiger partial charge in [0, 0.05) is 5.39 Å². The molecule has 0 amide bonds. The first-order valence-electron chi connectivity index (χ1n) is 14.0. The third-order valence-electron chi connectivity index (χ3n) is 7.03. The van der Waals surface area contributed by atoms with Crippen molar-refractivity contribution in [3.05, 3.63) is 41.5 Å². The van der Waals surface area contributed by atoms with Crippen LogP contribution >= 0.6 is 0 Å². The fourth-order valence-corrected chi connectivity index (χ4v) is 6.10. The predicted molar refractivity (Wildman–Crippen MR) is 146 cm³/mol. The van der Waals surface area contributed by atoms with E-state index in [9.17, 15) is 13.0 Å². The van der Waals surface area contributed by atoms with Crippen LogP contribution in [-0.2, 0) is 23.0 Å². The zero-order chi connectivity index (χ0) is 24.7. The highest BCUT2D eigenvalue weighted by Gasteiger charge is 2.22. The first-order valence-corrected chi connectivity index (χ1v) is 15.4. The van der Waals surface area contributed by atoms with E-state index >= 15 is 0 Å². The molecule has 2 rings (SSSR count). The van der Waals surface area contributed by atoms with Crippen LogP contribution in [0.3, 0.4) is 0 Å². The molecule has 0 spiro atoms. The zero-order valence-corrected chi connectivity index (χ0v) is 22.6. The second-order valence-electron chi connectivity index (χ2n) is 9.99. The minimum atomic E-state index is -4.29. The molecular weight excluding hydrogens is 440 g/mol. The highest BCUT2D eigenvalue weighted by molar-refractivity contribution is 7.86. The van der Waals surface area contributed by atoms with Gasteiger partial charge in [0.25, 0.3) is 10.1 Å². The molecule has 0 saturated heterocycles. The average Bonchev–Trinajstić information content (AvgIpc) is 2.81. The van der Waals surface area contributed by atoms with E-state index in [0.29, 0.717) is 5.39 Å². The Morgan fingerprint density at radius 3 is 1.65 bits per heavy atom. The zero-order valence-electron chi connectivity index (χ0n) is 21.8. The molecule has 3 nitrogen and oxygen atoms in total. The van der Waals surface area contributed by atoms with Crippen LogP contribution in [-0.4, -0.2) is 13.0 Å². The van der Waals surface area contributed by atoms with Crippen LogP contribution in [0.1, 0.15) is 128 Å². The number of benzene rings is 2. The van der Waals surface area contributed by atoms with Crippen molar-refractivity contribution in [1.82, 2.24) is 0 Å². The van der Waals surface area contributed by atoms with Gasteiger partial charge < -0.3 is 0 Å². The summed E-state index contributed by atoms with van der Waals surface area (Å²) in [5.41, 5.74) is 1.97. The quantitative estimate of drug-likeness (QED) is 0.158. The van der Waals surface area contributed by atoms with Crippen molar-refractivity contribution in [1.29, 1.82) is 0 Å². The first-order chi connectivity index (χ1) is 16.5. The normalized spacial score (nSPS) is 12.0. The molecule has 0 aliphatic rings. The van der Waals surface area contributed by atoms with Crippen LogP contribution < -0.4 is 0 Å². The van der Waals surface area contributed by atoms with E-state index < -0.39 is 10.1 Å². The largest absolute Gasteiger partial charge is 0.295 e. The lowest BCUT2D eigenvalue weighted by Gasteiger charge is -2.17. The molecule has 34 heavy (non-hydrogen) atoms. The molecule has 0 heterocycles. The number of unbranched alkanes of at least 4 members (excludes halogenated alkanes) is 14. The molecule has 0 aliphatic heterocycles. The Balaban J connectivity index is 2.07. The summed E-state index contributed by atoms with van der Waals surface area (Å²) in [7, 11) is -4.29. The van der Waals surface area contributed by atoms with Gasteiger partial charge in [0.05, 0.1) is 0 Å². The summed E-state index contributed by atoms with van der Waals surface area (Å²) in [6.45, 7) is 4.48. The predicted octanol–water partition coefficient (Wildman–Crippen LogP) is 9.45. The summed E-state index contributed by atoms with van der Waals surface area (Å²) in [6, 6.07) is 9.76. The smallest absolute Gasteiger partial charge is 0.282 e. The van der Waals surface area contributed by atoms with Crippen molar-refractivity contribution in [2.24, 2.45) is 0 Å². The molecular formula is C30H48O3S. The molecule has 2 aromatic carbocycles. The van der Waals surface area contributed by atoms with Crippen LogP contribution in [0.5, 0.6) is 0 Å². The van der Waals surface area contributed by atoms with Gasteiger partial charge in [-0.05, 0) is 42.2 Å². The summed E-state index contributed by atoms with van der Waals surface area (Å²) in [5.74, 6) is 0. The van der Waals surface area contributed by atoms with Crippen molar-refractivity contribution in [3.8, 4) is 0 Å². The van der Waals surface area contributed by atoms with Gasteiger partial charge in [-0.2, -0.15) is 8.42 Å². The van der Waals surface area contributed by atoms with E-state index in [1.54, 1.807) is 0 Å². The van der Waals surface area contributed by atoms with Crippen molar-refractivity contribution < 1.29 is 13.0 Å². The second-order valence-corrected chi connectivity index (χ2v) is 11.3. The summed E-state index contributed by atoms with van der Waals surface area (Å²) in [5, 5.41) is 1.56. The number of hydrogen-bond acceptors (Lipinski definition) is 2. The standard InChI is InChI=1S/C30H48O3S/c1-3-5-7-9-11-13-15-17-21-26-25-27-22-19-20-24-29(27)30(34(31,32)33)28(26)23-18-16-14-12-10-8-6-4-2/h19-20,22,24-25H,3-18,21,23H2,1-2H3,(H,31,32,33). The third-order valence-corrected chi connectivity index (χ3v) is 8.02. The van der Waals surface area contributed by atoms with Gasteiger partial charge >= 0.3 is 0 Å². The molecule has 0 bridgehead atoms. The van der Waals surface area contributed by atoms with E-state index in [2.05, 4.69) is 19.9 Å². The average molecular weight is 489 g/mol. The van der Waals surface area contributed by atoms with Gasteiger partial charge in [0.15, 0.2) is 0 Å². The maximum atomic E-state index is 12.5. The molecule has 2 aromatic rings. The molecule has 0 fully saturated rings. The summed E-state index contributed by atoms with van der Waals surface area (Å²) >= 11 is 0. The van der Waals surface area contributed by atoms with E-state index in [1.807, 2.05) is 24.3 Å². The Kier molecular flexibility index (Phi) is 13.8. The maximum Gasteiger partial charge on any atom is 0.295 e. The Labute approximate surface area is 209 Å². The maximum absolute atomic E-state index is 12.5. The SMILES string of the molecule is CCCCCCCCCCc1cc2ccccc2c(S(=O)(=O)O)c1CCCCCCCCCC. The van der Waals surface area contributed by atoms with E-state index in [1.165, 1.54) is 83.5 Å². The third kappa shape index (κ3) is 10.1. The van der Waals surface area contributed by atoms with Crippen LogP contribution in [0.4, 0.5) is 0 Å². The number of aryl methyl sites for hydroxylation is 1. The van der Waals surface area contributed by atoms with E-state index in [0.717, 1.165) is 48.6 Å². The van der Waals surface area contributed by atoms with Crippen molar-refractivity contribution in [2.45, 2.75) is 134 Å². The van der Waals surface area contributed by atoms with Crippen molar-refractivity contribution >= 4 is 20.9 Å². The van der Waals surface area contributed by atoms with Crippen molar-refractivity contribution in [3.63, 3.8) is 0 Å². The summed E-state index contributed by atoms with van der Waals surface area (Å²) in [4.78, 5) is 0.156. The number of fused-ring (bicyclic) bond motifs is 1. The lowest BCUT2D eigenvalue weighted by atomic mass is 9.93. The van der Waals surface area contributed by atoms with Gasteiger partial charge in [-0.3, -0.25) is 4.55 Å². The van der Waals surface area contributed by atoms with Crippen LogP contribution in [0.2, 0.25) is 0 Å². The van der Waals surface area contributed by atoms with Gasteiger partial charge in [-0.15, -0.1) is 0 Å². The van der Waals surface area contributed by atoms with Crippen LogP contribution in [0, 0.1) is 0 Å². The summed E-state index contributed by atoms with van der Waals surface area (Å²) < 4.78 is 35.2. The van der Waals surface area contributed by atoms with Crippen molar-refractivity contribution in [2.75, 3.05) is 0 Å². The Morgan fingerprint density at radius 1 is 0.647 bits per heavy atom. The second kappa shape index (κ2) is 16.3. The highest BCUT2D eigenvalue weighted by Crippen LogP contribution is 2.32. The van der Waals surface area contributed by atoms with Gasteiger partial charge in [-0.1, -0.05) is 134 Å². The molecule has 0 unspecified atom stereocenters. The van der Waals surface area contributed by atoms with Gasteiger partial charge in [0.2, 0.25) is 0 Å².